The number of nitrogens with one attached hydrogen (secondary N) is 1. The van der Waals surface area contributed by atoms with E-state index in [4.69, 9.17) is 0 Å². The van der Waals surface area contributed by atoms with Crippen molar-refractivity contribution in [2.75, 3.05) is 12.4 Å². The lowest BCUT2D eigenvalue weighted by Crippen LogP contribution is -1.93. The van der Waals surface area contributed by atoms with Crippen molar-refractivity contribution < 1.29 is 0 Å². The average Bonchev–Trinajstić information content (AvgIpc) is 2.16. The van der Waals surface area contributed by atoms with Crippen molar-refractivity contribution >= 4 is 16.7 Å². The highest BCUT2D eigenvalue weighted by Gasteiger charge is 2.02. The van der Waals surface area contributed by atoms with Gasteiger partial charge in [0.05, 0.1) is 16.7 Å². The molecule has 0 aliphatic rings. The largest absolute Gasteiger partial charge is 0.388 e. The Balaban J connectivity index is 2.77. The molecule has 0 spiro atoms. The van der Waals surface area contributed by atoms with Crippen LogP contribution in [0.2, 0.25) is 0 Å². The predicted molar refractivity (Wildman–Crippen MR) is 58.6 cm³/mol. The molecule has 14 heavy (non-hydrogen) atoms. The van der Waals surface area contributed by atoms with Crippen LogP contribution >= 0.6 is 0 Å². The molecule has 1 aromatic carbocycles. The van der Waals surface area contributed by atoms with E-state index in [-0.39, 0.29) is 0 Å². The van der Waals surface area contributed by atoms with Crippen LogP contribution in [0.25, 0.3) is 11.0 Å². The molecule has 0 aliphatic carbocycles. The summed E-state index contributed by atoms with van der Waals surface area (Å²) in [6.45, 7) is 4.00. The zero-order valence-electron chi connectivity index (χ0n) is 8.63. The second-order valence-corrected chi connectivity index (χ2v) is 3.42. The van der Waals surface area contributed by atoms with Gasteiger partial charge in [-0.3, -0.25) is 4.98 Å². The van der Waals surface area contributed by atoms with Crippen molar-refractivity contribution in [2.24, 2.45) is 0 Å². The lowest BCUT2D eigenvalue weighted by atomic mass is 10.1. The Morgan fingerprint density at radius 3 is 2.71 bits per heavy atom. The third kappa shape index (κ3) is 1.41. The van der Waals surface area contributed by atoms with Crippen molar-refractivity contribution in [2.45, 2.75) is 13.8 Å². The highest BCUT2D eigenvalue weighted by atomic mass is 14.8. The summed E-state index contributed by atoms with van der Waals surface area (Å²) >= 11 is 0. The summed E-state index contributed by atoms with van der Waals surface area (Å²) in [6, 6.07) is 4.09. The van der Waals surface area contributed by atoms with Crippen LogP contribution < -0.4 is 5.32 Å². The molecule has 2 rings (SSSR count). The Morgan fingerprint density at radius 2 is 2.00 bits per heavy atom. The third-order valence-corrected chi connectivity index (χ3v) is 2.25. The molecule has 0 aliphatic heterocycles. The number of benzene rings is 1. The summed E-state index contributed by atoms with van der Waals surface area (Å²) in [5, 5.41) is 3.11. The molecule has 0 fully saturated rings. The Hall–Kier alpha value is -1.64. The van der Waals surface area contributed by atoms with E-state index in [0.29, 0.717) is 0 Å². The topological polar surface area (TPSA) is 37.8 Å². The maximum Gasteiger partial charge on any atom is 0.0917 e. The zero-order chi connectivity index (χ0) is 10.1. The zero-order valence-corrected chi connectivity index (χ0v) is 8.63. The van der Waals surface area contributed by atoms with Gasteiger partial charge in [-0.05, 0) is 31.5 Å². The Bertz CT molecular complexity index is 477. The van der Waals surface area contributed by atoms with Gasteiger partial charge in [0.1, 0.15) is 0 Å². The third-order valence-electron chi connectivity index (χ3n) is 2.25. The SMILES string of the molecule is CNc1cc(C)c2ncc(C)nc2c1. The molecule has 1 N–H and O–H groups in total. The predicted octanol–water partition coefficient (Wildman–Crippen LogP) is 2.29. The molecular formula is C11H13N3. The van der Waals surface area contributed by atoms with E-state index < -0.39 is 0 Å². The number of aryl methyl sites for hydroxylation is 2. The van der Waals surface area contributed by atoms with E-state index in [1.807, 2.05) is 27.0 Å². The van der Waals surface area contributed by atoms with Crippen LogP contribution in [0.15, 0.2) is 18.3 Å². The number of nitrogens with zero attached hydrogens (tertiary/aromatic N) is 2. The fourth-order valence-corrected chi connectivity index (χ4v) is 1.54. The normalized spacial score (nSPS) is 10.5. The Morgan fingerprint density at radius 1 is 1.21 bits per heavy atom. The van der Waals surface area contributed by atoms with E-state index in [1.54, 1.807) is 6.20 Å². The molecule has 0 amide bonds. The monoisotopic (exact) mass is 187 g/mol. The van der Waals surface area contributed by atoms with Crippen LogP contribution in [0, 0.1) is 13.8 Å². The number of rotatable bonds is 1. The van der Waals surface area contributed by atoms with Crippen LogP contribution in [-0.4, -0.2) is 17.0 Å². The van der Waals surface area contributed by atoms with Crippen LogP contribution in [-0.2, 0) is 0 Å². The van der Waals surface area contributed by atoms with Gasteiger partial charge in [0, 0.05) is 18.9 Å². The lowest BCUT2D eigenvalue weighted by molar-refractivity contribution is 1.18. The molecule has 0 bridgehead atoms. The highest BCUT2D eigenvalue weighted by Crippen LogP contribution is 2.19. The number of hydrogen-bond acceptors (Lipinski definition) is 3. The van der Waals surface area contributed by atoms with Crippen molar-refractivity contribution in [1.29, 1.82) is 0 Å². The number of aromatic nitrogens is 2. The smallest absolute Gasteiger partial charge is 0.0917 e. The first kappa shape index (κ1) is 8.94. The van der Waals surface area contributed by atoms with Crippen LogP contribution in [0.5, 0.6) is 0 Å². The maximum absolute atomic E-state index is 4.44. The van der Waals surface area contributed by atoms with Gasteiger partial charge in [-0.25, -0.2) is 4.98 Å². The van der Waals surface area contributed by atoms with Gasteiger partial charge in [-0.2, -0.15) is 0 Å². The van der Waals surface area contributed by atoms with E-state index in [1.165, 1.54) is 0 Å². The van der Waals surface area contributed by atoms with Gasteiger partial charge >= 0.3 is 0 Å². The van der Waals surface area contributed by atoms with Gasteiger partial charge in [0.25, 0.3) is 0 Å². The highest BCUT2D eigenvalue weighted by molar-refractivity contribution is 5.81. The molecular weight excluding hydrogens is 174 g/mol. The minimum Gasteiger partial charge on any atom is -0.388 e. The number of anilines is 1. The van der Waals surface area contributed by atoms with Gasteiger partial charge in [0.2, 0.25) is 0 Å². The van der Waals surface area contributed by atoms with Gasteiger partial charge in [-0.15, -0.1) is 0 Å². The Kier molecular flexibility index (Phi) is 2.08. The van der Waals surface area contributed by atoms with E-state index >= 15 is 0 Å². The van der Waals surface area contributed by atoms with Gasteiger partial charge < -0.3 is 5.32 Å². The summed E-state index contributed by atoms with van der Waals surface area (Å²) in [5.41, 5.74) is 5.11. The molecule has 0 unspecified atom stereocenters. The Labute approximate surface area is 83.2 Å². The molecule has 0 saturated heterocycles. The van der Waals surface area contributed by atoms with Crippen molar-refractivity contribution in [3.05, 3.63) is 29.6 Å². The molecule has 0 saturated carbocycles. The molecule has 1 heterocycles. The summed E-state index contributed by atoms with van der Waals surface area (Å²) in [4.78, 5) is 8.81. The van der Waals surface area contributed by atoms with Gasteiger partial charge in [0.15, 0.2) is 0 Å². The molecule has 0 atom stereocenters. The second-order valence-electron chi connectivity index (χ2n) is 3.42. The van der Waals surface area contributed by atoms with Crippen LogP contribution in [0.3, 0.4) is 0 Å². The fourth-order valence-electron chi connectivity index (χ4n) is 1.54. The van der Waals surface area contributed by atoms with Crippen molar-refractivity contribution in [1.82, 2.24) is 9.97 Å². The first-order valence-corrected chi connectivity index (χ1v) is 4.62. The van der Waals surface area contributed by atoms with E-state index in [2.05, 4.69) is 21.4 Å². The van der Waals surface area contributed by atoms with E-state index in [0.717, 1.165) is 28.0 Å². The lowest BCUT2D eigenvalue weighted by Gasteiger charge is -2.05. The van der Waals surface area contributed by atoms with Crippen LogP contribution in [0.4, 0.5) is 5.69 Å². The number of hydrogen-bond donors (Lipinski definition) is 1. The first-order chi connectivity index (χ1) is 6.70. The van der Waals surface area contributed by atoms with Crippen molar-refractivity contribution in [3.63, 3.8) is 0 Å². The van der Waals surface area contributed by atoms with Crippen LogP contribution in [0.1, 0.15) is 11.3 Å². The van der Waals surface area contributed by atoms with E-state index in [9.17, 15) is 0 Å². The minimum absolute atomic E-state index is 0.949. The second kappa shape index (κ2) is 3.25. The number of fused-ring (bicyclic) bond motifs is 1. The minimum atomic E-state index is 0.949. The van der Waals surface area contributed by atoms with Crippen molar-refractivity contribution in [3.8, 4) is 0 Å². The summed E-state index contributed by atoms with van der Waals surface area (Å²) in [5.74, 6) is 0. The summed E-state index contributed by atoms with van der Waals surface area (Å²) in [7, 11) is 1.91. The maximum atomic E-state index is 4.44. The average molecular weight is 187 g/mol. The standard InChI is InChI=1S/C11H13N3/c1-7-4-9(12-3)5-10-11(7)13-6-8(2)14-10/h4-6,12H,1-3H3. The molecule has 1 aromatic heterocycles. The molecule has 2 aromatic rings. The fraction of sp³-hybridized carbons (Fsp3) is 0.273. The quantitative estimate of drug-likeness (QED) is 0.744. The van der Waals surface area contributed by atoms with Gasteiger partial charge in [-0.1, -0.05) is 0 Å². The first-order valence-electron chi connectivity index (χ1n) is 4.62. The molecule has 3 nitrogen and oxygen atoms in total. The molecule has 0 radical (unpaired) electrons. The summed E-state index contributed by atoms with van der Waals surface area (Å²) < 4.78 is 0. The molecule has 72 valence electrons. The summed E-state index contributed by atoms with van der Waals surface area (Å²) in [6.07, 6.45) is 1.80. The molecule has 3 heteroatoms.